The molecule has 0 unspecified atom stereocenters. The lowest BCUT2D eigenvalue weighted by Crippen LogP contribution is -2.16. The minimum absolute atomic E-state index is 0.0963. The molecule has 5 rings (SSSR count). The van der Waals surface area contributed by atoms with Crippen LogP contribution in [0, 0.1) is 6.92 Å². The summed E-state index contributed by atoms with van der Waals surface area (Å²) >= 11 is 14.1. The molecule has 7 nitrogen and oxygen atoms in total. The van der Waals surface area contributed by atoms with Crippen molar-refractivity contribution in [2.24, 2.45) is 0 Å². The summed E-state index contributed by atoms with van der Waals surface area (Å²) in [5.74, 6) is 2.80. The minimum atomic E-state index is -0.795. The summed E-state index contributed by atoms with van der Waals surface area (Å²) in [4.78, 5) is 29.4. The predicted octanol–water partition coefficient (Wildman–Crippen LogP) is 7.46. The van der Waals surface area contributed by atoms with Crippen LogP contribution in [-0.4, -0.2) is 39.9 Å². The zero-order chi connectivity index (χ0) is 27.9. The molecule has 0 amide bonds. The van der Waals surface area contributed by atoms with Crippen LogP contribution in [0.4, 0.5) is 0 Å². The van der Waals surface area contributed by atoms with E-state index in [-0.39, 0.29) is 5.78 Å². The summed E-state index contributed by atoms with van der Waals surface area (Å²) < 4.78 is 10.5. The molecule has 3 aromatic rings. The molecule has 0 bridgehead atoms. The normalized spacial score (nSPS) is 16.3. The number of aromatic nitrogens is 3. The molecule has 3 heterocycles. The number of carbonyl (C=O) groups excluding carboxylic acids is 1. The van der Waals surface area contributed by atoms with Gasteiger partial charge in [-0.05, 0) is 88.1 Å². The second kappa shape index (κ2) is 11.1. The molecule has 0 fully saturated rings. The number of benzene rings is 2. The Bertz CT molecular complexity index is 1590. The van der Waals surface area contributed by atoms with Crippen molar-refractivity contribution in [3.63, 3.8) is 0 Å². The molecule has 2 aliphatic heterocycles. The maximum atomic E-state index is 14.0. The standard InChI is InChI=1S/C28H20Br4N4O3/c1-15-33-26(35-27(34-15)28(30,31)32)23(29)18-12-13-36-21(14-18)25(37)22(16-4-8-19(38-2)9-5-16)24(36)17-6-10-20(39-3)11-7-17/h4-14H,1-3H3. The van der Waals surface area contributed by atoms with E-state index in [2.05, 4.69) is 78.7 Å². The first-order valence-corrected chi connectivity index (χ1v) is 14.7. The molecule has 0 saturated carbocycles. The number of rotatable bonds is 5. The van der Waals surface area contributed by atoms with Crippen LogP contribution >= 0.6 is 63.7 Å². The van der Waals surface area contributed by atoms with Gasteiger partial charge < -0.3 is 14.4 Å². The number of hydrogen-bond acceptors (Lipinski definition) is 7. The van der Waals surface area contributed by atoms with Crippen LogP contribution in [0.5, 0.6) is 11.5 Å². The summed E-state index contributed by atoms with van der Waals surface area (Å²) in [7, 11) is 3.24. The number of ketones is 1. The van der Waals surface area contributed by atoms with Crippen molar-refractivity contribution in [3.05, 3.63) is 107 Å². The Morgan fingerprint density at radius 2 is 1.46 bits per heavy atom. The highest BCUT2D eigenvalue weighted by Crippen LogP contribution is 2.45. The van der Waals surface area contributed by atoms with Crippen molar-refractivity contribution < 1.29 is 14.3 Å². The highest BCUT2D eigenvalue weighted by Gasteiger charge is 2.37. The van der Waals surface area contributed by atoms with Gasteiger partial charge >= 0.3 is 0 Å². The molecule has 39 heavy (non-hydrogen) atoms. The first-order chi connectivity index (χ1) is 18.6. The molecule has 198 valence electrons. The van der Waals surface area contributed by atoms with E-state index in [0.717, 1.165) is 28.1 Å². The van der Waals surface area contributed by atoms with Crippen molar-refractivity contribution in [2.75, 3.05) is 14.2 Å². The lowest BCUT2D eigenvalue weighted by molar-refractivity contribution is -0.110. The average Bonchev–Trinajstić information content (AvgIpc) is 3.23. The van der Waals surface area contributed by atoms with Gasteiger partial charge in [-0.1, -0.05) is 59.9 Å². The second-order valence-electron chi connectivity index (χ2n) is 8.52. The highest BCUT2D eigenvalue weighted by molar-refractivity contribution is 9.38. The van der Waals surface area contributed by atoms with Gasteiger partial charge in [-0.3, -0.25) is 4.79 Å². The van der Waals surface area contributed by atoms with E-state index in [1.54, 1.807) is 21.1 Å². The van der Waals surface area contributed by atoms with Crippen LogP contribution in [-0.2, 0) is 6.94 Å². The zero-order valence-electron chi connectivity index (χ0n) is 20.9. The first kappa shape index (κ1) is 27.9. The van der Waals surface area contributed by atoms with Crippen LogP contribution in [0.25, 0.3) is 15.8 Å². The fraction of sp³-hybridized carbons (Fsp3) is 0.143. The summed E-state index contributed by atoms with van der Waals surface area (Å²) in [5, 5.41) is 0. The molecular weight excluding hydrogens is 760 g/mol. The fourth-order valence-corrected chi connectivity index (χ4v) is 5.21. The second-order valence-corrected chi connectivity index (χ2v) is 16.1. The lowest BCUT2D eigenvalue weighted by Gasteiger charge is -2.23. The van der Waals surface area contributed by atoms with E-state index < -0.39 is 2.14 Å². The number of fused-ring (bicyclic) bond motifs is 1. The molecule has 11 heteroatoms. The quantitative estimate of drug-likeness (QED) is 0.249. The number of halogens is 4. The predicted molar refractivity (Wildman–Crippen MR) is 166 cm³/mol. The Morgan fingerprint density at radius 3 is 2.03 bits per heavy atom. The molecule has 0 spiro atoms. The van der Waals surface area contributed by atoms with Gasteiger partial charge in [-0.15, -0.1) is 0 Å². The summed E-state index contributed by atoms with van der Waals surface area (Å²) in [5.41, 5.74) is 4.32. The number of nitrogens with zero attached hydrogens (tertiary/aromatic N) is 4. The molecule has 1 aromatic heterocycles. The Hall–Kier alpha value is -2.60. The molecule has 0 aliphatic carbocycles. The van der Waals surface area contributed by atoms with Crippen molar-refractivity contribution in [3.8, 4) is 11.5 Å². The van der Waals surface area contributed by atoms with Crippen LogP contribution in [0.3, 0.4) is 0 Å². The number of allylic oxidation sites excluding steroid dienone is 4. The SMILES string of the molecule is COc1ccc(C2=C(c3ccc(OC)cc3)N3C=CC(=C(Br)c4nc(C)nc(C(Br)(Br)Br)n4)C=C3C2=O)cc1. The number of ether oxygens (including phenoxy) is 2. The van der Waals surface area contributed by atoms with Crippen molar-refractivity contribution >= 4 is 85.3 Å². The highest BCUT2D eigenvalue weighted by atomic mass is 80.0. The Labute approximate surface area is 259 Å². The number of methoxy groups -OCH3 is 2. The van der Waals surface area contributed by atoms with Crippen LogP contribution < -0.4 is 9.47 Å². The van der Waals surface area contributed by atoms with E-state index >= 15 is 0 Å². The van der Waals surface area contributed by atoms with Gasteiger partial charge in [0, 0.05) is 6.20 Å². The van der Waals surface area contributed by atoms with E-state index in [1.807, 2.05) is 71.8 Å². The van der Waals surface area contributed by atoms with E-state index in [4.69, 9.17) is 9.47 Å². The van der Waals surface area contributed by atoms with Gasteiger partial charge in [0.05, 0.1) is 35.7 Å². The van der Waals surface area contributed by atoms with Gasteiger partial charge in [0.25, 0.3) is 0 Å². The van der Waals surface area contributed by atoms with Gasteiger partial charge in [-0.25, -0.2) is 15.0 Å². The van der Waals surface area contributed by atoms with Gasteiger partial charge in [-0.2, -0.15) is 0 Å². The summed E-state index contributed by atoms with van der Waals surface area (Å²) in [6.45, 7) is 1.79. The summed E-state index contributed by atoms with van der Waals surface area (Å²) in [6, 6.07) is 15.2. The maximum absolute atomic E-state index is 14.0. The lowest BCUT2D eigenvalue weighted by atomic mass is 9.98. The van der Waals surface area contributed by atoms with E-state index in [1.165, 1.54) is 0 Å². The smallest absolute Gasteiger partial charge is 0.212 e. The fourth-order valence-electron chi connectivity index (χ4n) is 4.26. The number of Topliss-reactive ketones (excluding diaryl/α,β-unsaturated/α-hetero) is 1. The van der Waals surface area contributed by atoms with E-state index in [9.17, 15) is 4.79 Å². The largest absolute Gasteiger partial charge is 0.497 e. The van der Waals surface area contributed by atoms with Crippen LogP contribution in [0.2, 0.25) is 0 Å². The average molecular weight is 780 g/mol. The summed E-state index contributed by atoms with van der Waals surface area (Å²) in [6.07, 6.45) is 5.65. The van der Waals surface area contributed by atoms with Crippen molar-refractivity contribution in [2.45, 2.75) is 9.07 Å². The topological polar surface area (TPSA) is 77.4 Å². The Morgan fingerprint density at radius 1 is 0.872 bits per heavy atom. The number of hydrogen-bond donors (Lipinski definition) is 0. The Kier molecular flexibility index (Phi) is 7.96. The van der Waals surface area contributed by atoms with Crippen LogP contribution in [0.1, 0.15) is 28.6 Å². The molecule has 0 radical (unpaired) electrons. The molecule has 2 aliphatic rings. The third kappa shape index (κ3) is 5.54. The zero-order valence-corrected chi connectivity index (χ0v) is 27.2. The first-order valence-electron chi connectivity index (χ1n) is 11.6. The van der Waals surface area contributed by atoms with Crippen molar-refractivity contribution in [1.29, 1.82) is 0 Å². The van der Waals surface area contributed by atoms with Gasteiger partial charge in [0.15, 0.2) is 13.8 Å². The van der Waals surface area contributed by atoms with Crippen molar-refractivity contribution in [1.82, 2.24) is 19.9 Å². The number of alkyl halides is 3. The monoisotopic (exact) mass is 776 g/mol. The number of carbonyl (C=O) groups is 1. The molecule has 0 N–H and O–H groups in total. The third-order valence-electron chi connectivity index (χ3n) is 6.09. The molecular formula is C28H20Br4N4O3. The third-order valence-corrected chi connectivity index (χ3v) is 7.96. The number of aryl methyl sites for hydroxylation is 1. The Balaban J connectivity index is 1.63. The molecule has 0 atom stereocenters. The van der Waals surface area contributed by atoms with Gasteiger partial charge in [0.2, 0.25) is 5.78 Å². The van der Waals surface area contributed by atoms with Gasteiger partial charge in [0.1, 0.15) is 17.3 Å². The molecule has 0 saturated heterocycles. The minimum Gasteiger partial charge on any atom is -0.497 e. The molecule has 2 aromatic carbocycles. The van der Waals surface area contributed by atoms with Crippen LogP contribution in [0.15, 0.2) is 78.2 Å². The van der Waals surface area contributed by atoms with E-state index in [0.29, 0.717) is 39.0 Å². The maximum Gasteiger partial charge on any atom is 0.212 e.